The molecule has 0 heterocycles. The SMILES string of the molecule is CC(C)C[C@@H](N)c1cc(C(F)(F)F)ccc1C(F)(F)F. The Bertz CT molecular complexity index is 461. The molecule has 0 spiro atoms. The molecule has 114 valence electrons. The molecule has 1 atom stereocenters. The lowest BCUT2D eigenvalue weighted by molar-refractivity contribution is -0.142. The van der Waals surface area contributed by atoms with Gasteiger partial charge in [-0.2, -0.15) is 26.3 Å². The summed E-state index contributed by atoms with van der Waals surface area (Å²) in [4.78, 5) is 0. The van der Waals surface area contributed by atoms with Crippen LogP contribution in [-0.2, 0) is 12.4 Å². The molecule has 0 aliphatic heterocycles. The zero-order valence-corrected chi connectivity index (χ0v) is 10.9. The van der Waals surface area contributed by atoms with Crippen LogP contribution in [-0.4, -0.2) is 0 Å². The molecule has 0 radical (unpaired) electrons. The quantitative estimate of drug-likeness (QED) is 0.799. The second kappa shape index (κ2) is 5.63. The Labute approximate surface area is 112 Å². The zero-order chi connectivity index (χ0) is 15.7. The molecule has 0 aromatic heterocycles. The van der Waals surface area contributed by atoms with Gasteiger partial charge in [0.15, 0.2) is 0 Å². The van der Waals surface area contributed by atoms with Crippen LogP contribution in [0.5, 0.6) is 0 Å². The topological polar surface area (TPSA) is 26.0 Å². The van der Waals surface area contributed by atoms with E-state index in [4.69, 9.17) is 5.73 Å². The van der Waals surface area contributed by atoms with Gasteiger partial charge in [0.2, 0.25) is 0 Å². The lowest BCUT2D eigenvalue weighted by Crippen LogP contribution is -2.20. The van der Waals surface area contributed by atoms with Crippen LogP contribution in [0.3, 0.4) is 0 Å². The summed E-state index contributed by atoms with van der Waals surface area (Å²) in [6.45, 7) is 3.47. The van der Waals surface area contributed by atoms with Gasteiger partial charge in [-0.25, -0.2) is 0 Å². The van der Waals surface area contributed by atoms with Crippen LogP contribution < -0.4 is 5.73 Å². The fourth-order valence-electron chi connectivity index (χ4n) is 1.94. The van der Waals surface area contributed by atoms with E-state index < -0.39 is 35.1 Å². The highest BCUT2D eigenvalue weighted by molar-refractivity contribution is 5.37. The maximum absolute atomic E-state index is 12.8. The van der Waals surface area contributed by atoms with Crippen LogP contribution in [0.25, 0.3) is 0 Å². The molecule has 0 fully saturated rings. The first kappa shape index (κ1) is 16.8. The minimum atomic E-state index is -4.73. The minimum absolute atomic E-state index is 0.0272. The van der Waals surface area contributed by atoms with Crippen molar-refractivity contribution in [1.82, 2.24) is 0 Å². The van der Waals surface area contributed by atoms with E-state index >= 15 is 0 Å². The Hall–Kier alpha value is -1.24. The summed E-state index contributed by atoms with van der Waals surface area (Å²) in [5, 5.41) is 0. The molecule has 0 saturated heterocycles. The van der Waals surface area contributed by atoms with Crippen molar-refractivity contribution >= 4 is 0 Å². The third kappa shape index (κ3) is 4.13. The summed E-state index contributed by atoms with van der Waals surface area (Å²) in [5.74, 6) is -0.0272. The molecule has 7 heteroatoms. The Morgan fingerprint density at radius 1 is 1.00 bits per heavy atom. The average Bonchev–Trinajstić information content (AvgIpc) is 2.24. The first-order chi connectivity index (χ1) is 8.93. The maximum atomic E-state index is 12.8. The van der Waals surface area contributed by atoms with Crippen LogP contribution in [0.4, 0.5) is 26.3 Å². The van der Waals surface area contributed by atoms with Crippen molar-refractivity contribution in [3.63, 3.8) is 0 Å². The molecule has 0 aliphatic rings. The largest absolute Gasteiger partial charge is 0.416 e. The van der Waals surface area contributed by atoms with Crippen LogP contribution in [0, 0.1) is 5.92 Å². The second-order valence-electron chi connectivity index (χ2n) is 5.03. The predicted octanol–water partition coefficient (Wildman–Crippen LogP) is 4.77. The first-order valence-electron chi connectivity index (χ1n) is 5.97. The normalized spacial score (nSPS) is 14.7. The van der Waals surface area contributed by atoms with Gasteiger partial charge in [0.05, 0.1) is 11.1 Å². The highest BCUT2D eigenvalue weighted by Crippen LogP contribution is 2.39. The first-order valence-corrected chi connectivity index (χ1v) is 5.97. The van der Waals surface area contributed by atoms with Crippen molar-refractivity contribution in [3.05, 3.63) is 34.9 Å². The van der Waals surface area contributed by atoms with Gasteiger partial charge in [0.1, 0.15) is 0 Å². The maximum Gasteiger partial charge on any atom is 0.416 e. The summed E-state index contributed by atoms with van der Waals surface area (Å²) < 4.78 is 76.3. The molecule has 0 aliphatic carbocycles. The van der Waals surface area contributed by atoms with Gasteiger partial charge in [-0.3, -0.25) is 0 Å². The standard InChI is InChI=1S/C13H15F6N/c1-7(2)5-11(20)9-6-8(12(14,15)16)3-4-10(9)13(17,18)19/h3-4,6-7,11H,5,20H2,1-2H3/t11-/m1/s1. The summed E-state index contributed by atoms with van der Waals surface area (Å²) >= 11 is 0. The Morgan fingerprint density at radius 2 is 1.55 bits per heavy atom. The summed E-state index contributed by atoms with van der Waals surface area (Å²) in [6, 6.07) is 0.275. The Kier molecular flexibility index (Phi) is 4.74. The third-order valence-electron chi connectivity index (χ3n) is 2.81. The molecular formula is C13H15F6N. The average molecular weight is 299 g/mol. The monoisotopic (exact) mass is 299 g/mol. The second-order valence-corrected chi connectivity index (χ2v) is 5.03. The Morgan fingerprint density at radius 3 is 1.95 bits per heavy atom. The molecule has 0 unspecified atom stereocenters. The van der Waals surface area contributed by atoms with Crippen LogP contribution in [0.2, 0.25) is 0 Å². The Balaban J connectivity index is 3.34. The summed E-state index contributed by atoms with van der Waals surface area (Å²) in [6.07, 6.45) is -9.26. The zero-order valence-electron chi connectivity index (χ0n) is 10.9. The summed E-state index contributed by atoms with van der Waals surface area (Å²) in [7, 11) is 0. The lowest BCUT2D eigenvalue weighted by atomic mass is 9.92. The smallest absolute Gasteiger partial charge is 0.324 e. The van der Waals surface area contributed by atoms with E-state index in [1.165, 1.54) is 0 Å². The fraction of sp³-hybridized carbons (Fsp3) is 0.538. The molecule has 1 rings (SSSR count). The van der Waals surface area contributed by atoms with Crippen LogP contribution >= 0.6 is 0 Å². The van der Waals surface area contributed by atoms with E-state index in [1.54, 1.807) is 13.8 Å². The third-order valence-corrected chi connectivity index (χ3v) is 2.81. The number of hydrogen-bond acceptors (Lipinski definition) is 1. The van der Waals surface area contributed by atoms with E-state index in [2.05, 4.69) is 0 Å². The number of alkyl halides is 6. The van der Waals surface area contributed by atoms with Gasteiger partial charge in [0.25, 0.3) is 0 Å². The van der Waals surface area contributed by atoms with Crippen molar-refractivity contribution < 1.29 is 26.3 Å². The number of rotatable bonds is 3. The van der Waals surface area contributed by atoms with Gasteiger partial charge in [-0.1, -0.05) is 13.8 Å². The van der Waals surface area contributed by atoms with E-state index in [0.717, 1.165) is 0 Å². The number of hydrogen-bond donors (Lipinski definition) is 1. The number of benzene rings is 1. The molecule has 20 heavy (non-hydrogen) atoms. The van der Waals surface area contributed by atoms with E-state index in [9.17, 15) is 26.3 Å². The molecule has 0 amide bonds. The van der Waals surface area contributed by atoms with Crippen molar-refractivity contribution in [2.75, 3.05) is 0 Å². The fourth-order valence-corrected chi connectivity index (χ4v) is 1.94. The summed E-state index contributed by atoms with van der Waals surface area (Å²) in [5.41, 5.74) is 2.89. The van der Waals surface area contributed by atoms with E-state index in [-0.39, 0.29) is 12.3 Å². The molecular weight excluding hydrogens is 284 g/mol. The van der Waals surface area contributed by atoms with Crippen molar-refractivity contribution in [2.45, 2.75) is 38.7 Å². The highest BCUT2D eigenvalue weighted by Gasteiger charge is 2.38. The molecule has 0 saturated carbocycles. The predicted molar refractivity (Wildman–Crippen MR) is 62.8 cm³/mol. The van der Waals surface area contributed by atoms with Crippen molar-refractivity contribution in [1.29, 1.82) is 0 Å². The number of nitrogens with two attached hydrogens (primary N) is 1. The number of halogens is 6. The lowest BCUT2D eigenvalue weighted by Gasteiger charge is -2.21. The van der Waals surface area contributed by atoms with Crippen molar-refractivity contribution in [3.8, 4) is 0 Å². The van der Waals surface area contributed by atoms with Crippen LogP contribution in [0.15, 0.2) is 18.2 Å². The van der Waals surface area contributed by atoms with E-state index in [1.807, 2.05) is 0 Å². The van der Waals surface area contributed by atoms with Gasteiger partial charge in [-0.05, 0) is 36.1 Å². The molecule has 1 aromatic rings. The minimum Gasteiger partial charge on any atom is -0.324 e. The van der Waals surface area contributed by atoms with Gasteiger partial charge < -0.3 is 5.73 Å². The molecule has 2 N–H and O–H groups in total. The van der Waals surface area contributed by atoms with E-state index in [0.29, 0.717) is 18.2 Å². The van der Waals surface area contributed by atoms with Gasteiger partial charge >= 0.3 is 12.4 Å². The van der Waals surface area contributed by atoms with Crippen molar-refractivity contribution in [2.24, 2.45) is 11.7 Å². The van der Waals surface area contributed by atoms with Gasteiger partial charge in [0, 0.05) is 6.04 Å². The van der Waals surface area contributed by atoms with Gasteiger partial charge in [-0.15, -0.1) is 0 Å². The molecule has 0 bridgehead atoms. The molecule has 1 aromatic carbocycles. The molecule has 1 nitrogen and oxygen atoms in total. The highest BCUT2D eigenvalue weighted by atomic mass is 19.4. The van der Waals surface area contributed by atoms with Crippen LogP contribution in [0.1, 0.15) is 43.0 Å².